The molecule has 0 radical (unpaired) electrons. The summed E-state index contributed by atoms with van der Waals surface area (Å²) in [6, 6.07) is 19.6. The van der Waals surface area contributed by atoms with E-state index >= 15 is 0 Å². The number of benzene rings is 2. The van der Waals surface area contributed by atoms with Crippen molar-refractivity contribution in [3.8, 4) is 6.07 Å². The lowest BCUT2D eigenvalue weighted by Gasteiger charge is -2.21. The third kappa shape index (κ3) is 4.43. The maximum atomic E-state index is 12.2. The molecule has 0 bridgehead atoms. The van der Waals surface area contributed by atoms with E-state index in [1.54, 1.807) is 22.1 Å². The first-order valence-electron chi connectivity index (χ1n) is 8.12. The van der Waals surface area contributed by atoms with Gasteiger partial charge in [-0.2, -0.15) is 9.57 Å². The van der Waals surface area contributed by atoms with Gasteiger partial charge in [0.2, 0.25) is 10.0 Å². The molecule has 2 aromatic carbocycles. The van der Waals surface area contributed by atoms with Crippen molar-refractivity contribution in [1.82, 2.24) is 4.31 Å². The van der Waals surface area contributed by atoms with Crippen LogP contribution in [0, 0.1) is 11.3 Å². The summed E-state index contributed by atoms with van der Waals surface area (Å²) in [5, 5.41) is 9.00. The molecule has 130 valence electrons. The molecule has 0 aliphatic carbocycles. The zero-order valence-corrected chi connectivity index (χ0v) is 15.6. The van der Waals surface area contributed by atoms with Gasteiger partial charge < -0.3 is 0 Å². The SMILES string of the molecule is CS(=O)(=O)N1CC(c2ccccc2)CC1CSc1cccc(C#N)c1. The minimum absolute atomic E-state index is 0.0315. The minimum Gasteiger partial charge on any atom is -0.212 e. The van der Waals surface area contributed by atoms with Gasteiger partial charge in [-0.1, -0.05) is 36.4 Å². The average Bonchev–Trinajstić information content (AvgIpc) is 3.06. The van der Waals surface area contributed by atoms with Crippen molar-refractivity contribution in [2.45, 2.75) is 23.3 Å². The molecule has 0 amide bonds. The van der Waals surface area contributed by atoms with Crippen molar-refractivity contribution in [1.29, 1.82) is 5.26 Å². The van der Waals surface area contributed by atoms with Crippen LogP contribution in [0.15, 0.2) is 59.5 Å². The Labute approximate surface area is 153 Å². The summed E-state index contributed by atoms with van der Waals surface area (Å²) in [7, 11) is -3.24. The summed E-state index contributed by atoms with van der Waals surface area (Å²) >= 11 is 1.61. The Morgan fingerprint density at radius 2 is 1.96 bits per heavy atom. The molecule has 1 heterocycles. The Hall–Kier alpha value is -1.81. The van der Waals surface area contributed by atoms with Crippen LogP contribution in [0.1, 0.15) is 23.5 Å². The predicted octanol–water partition coefficient (Wildman–Crippen LogP) is 3.47. The first-order valence-corrected chi connectivity index (χ1v) is 11.0. The fraction of sp³-hybridized carbons (Fsp3) is 0.316. The van der Waals surface area contributed by atoms with E-state index in [1.165, 1.54) is 11.8 Å². The Balaban J connectivity index is 1.75. The van der Waals surface area contributed by atoms with Crippen molar-refractivity contribution in [3.63, 3.8) is 0 Å². The Kier molecular flexibility index (Phi) is 5.48. The summed E-state index contributed by atoms with van der Waals surface area (Å²) in [5.74, 6) is 0.914. The van der Waals surface area contributed by atoms with Gasteiger partial charge in [-0.15, -0.1) is 11.8 Å². The number of hydrogen-bond donors (Lipinski definition) is 0. The van der Waals surface area contributed by atoms with Crippen LogP contribution in [0.3, 0.4) is 0 Å². The summed E-state index contributed by atoms with van der Waals surface area (Å²) < 4.78 is 26.0. The van der Waals surface area contributed by atoms with Crippen LogP contribution in [-0.2, 0) is 10.0 Å². The third-order valence-corrected chi connectivity index (χ3v) is 6.90. The van der Waals surface area contributed by atoms with E-state index in [4.69, 9.17) is 5.26 Å². The van der Waals surface area contributed by atoms with Crippen molar-refractivity contribution >= 4 is 21.8 Å². The smallest absolute Gasteiger partial charge is 0.211 e. The highest BCUT2D eigenvalue weighted by Gasteiger charge is 2.37. The average molecular weight is 373 g/mol. The van der Waals surface area contributed by atoms with Crippen LogP contribution in [-0.4, -0.2) is 37.3 Å². The molecule has 0 N–H and O–H groups in total. The zero-order chi connectivity index (χ0) is 17.9. The molecule has 6 heteroatoms. The van der Waals surface area contributed by atoms with Crippen molar-refractivity contribution in [2.75, 3.05) is 18.6 Å². The van der Waals surface area contributed by atoms with Gasteiger partial charge in [0.05, 0.1) is 17.9 Å². The molecule has 0 saturated carbocycles. The van der Waals surface area contributed by atoms with Crippen LogP contribution in [0.4, 0.5) is 0 Å². The summed E-state index contributed by atoms with van der Waals surface area (Å²) in [5.41, 5.74) is 1.81. The van der Waals surface area contributed by atoms with E-state index < -0.39 is 10.0 Å². The summed E-state index contributed by atoms with van der Waals surface area (Å²) in [4.78, 5) is 0.996. The second-order valence-corrected chi connectivity index (χ2v) is 9.31. The van der Waals surface area contributed by atoms with E-state index in [9.17, 15) is 8.42 Å². The molecular formula is C19H20N2O2S2. The number of thioether (sulfide) groups is 1. The predicted molar refractivity (Wildman–Crippen MR) is 101 cm³/mol. The first kappa shape index (κ1) is 18.0. The molecule has 0 spiro atoms. The topological polar surface area (TPSA) is 61.2 Å². The van der Waals surface area contributed by atoms with Gasteiger partial charge >= 0.3 is 0 Å². The zero-order valence-electron chi connectivity index (χ0n) is 14.0. The highest BCUT2D eigenvalue weighted by Crippen LogP contribution is 2.36. The molecule has 1 saturated heterocycles. The fourth-order valence-corrected chi connectivity index (χ4v) is 5.59. The Morgan fingerprint density at radius 1 is 1.20 bits per heavy atom. The van der Waals surface area contributed by atoms with E-state index in [0.717, 1.165) is 11.3 Å². The Morgan fingerprint density at radius 3 is 2.64 bits per heavy atom. The lowest BCUT2D eigenvalue weighted by molar-refractivity contribution is 0.415. The van der Waals surface area contributed by atoms with Crippen LogP contribution in [0.25, 0.3) is 0 Å². The lowest BCUT2D eigenvalue weighted by atomic mass is 9.97. The van der Waals surface area contributed by atoms with Gasteiger partial charge in [-0.25, -0.2) is 8.42 Å². The molecule has 4 nitrogen and oxygen atoms in total. The molecule has 1 aliphatic rings. The van der Waals surface area contributed by atoms with Crippen molar-refractivity contribution in [3.05, 3.63) is 65.7 Å². The number of nitriles is 1. The molecule has 2 unspecified atom stereocenters. The second kappa shape index (κ2) is 7.61. The van der Waals surface area contributed by atoms with Gasteiger partial charge in [0, 0.05) is 23.2 Å². The molecule has 25 heavy (non-hydrogen) atoms. The molecule has 0 aromatic heterocycles. The number of nitrogens with zero attached hydrogens (tertiary/aromatic N) is 2. The highest BCUT2D eigenvalue weighted by molar-refractivity contribution is 7.99. The Bertz CT molecular complexity index is 876. The van der Waals surface area contributed by atoms with Crippen LogP contribution in [0.5, 0.6) is 0 Å². The van der Waals surface area contributed by atoms with Crippen LogP contribution < -0.4 is 0 Å². The number of hydrogen-bond acceptors (Lipinski definition) is 4. The highest BCUT2D eigenvalue weighted by atomic mass is 32.2. The second-order valence-electron chi connectivity index (χ2n) is 6.28. The van der Waals surface area contributed by atoms with Crippen molar-refractivity contribution in [2.24, 2.45) is 0 Å². The monoisotopic (exact) mass is 372 g/mol. The van der Waals surface area contributed by atoms with Gasteiger partial charge in [0.25, 0.3) is 0 Å². The molecule has 3 rings (SSSR count). The molecule has 1 fully saturated rings. The lowest BCUT2D eigenvalue weighted by Crippen LogP contribution is -2.36. The largest absolute Gasteiger partial charge is 0.212 e. The summed E-state index contributed by atoms with van der Waals surface area (Å²) in [6.07, 6.45) is 2.11. The normalized spacial score (nSPS) is 21.1. The van der Waals surface area contributed by atoms with Gasteiger partial charge in [-0.05, 0) is 36.1 Å². The maximum Gasteiger partial charge on any atom is 0.211 e. The maximum absolute atomic E-state index is 12.2. The first-order chi connectivity index (χ1) is 12.0. The summed E-state index contributed by atoms with van der Waals surface area (Å²) in [6.45, 7) is 0.534. The minimum atomic E-state index is -3.24. The number of sulfonamides is 1. The molecule has 2 atom stereocenters. The van der Waals surface area contributed by atoms with Gasteiger partial charge in [0.1, 0.15) is 0 Å². The third-order valence-electron chi connectivity index (χ3n) is 4.47. The van der Waals surface area contributed by atoms with Crippen LogP contribution in [0.2, 0.25) is 0 Å². The van der Waals surface area contributed by atoms with Gasteiger partial charge in [0.15, 0.2) is 0 Å². The quantitative estimate of drug-likeness (QED) is 0.754. The molecular weight excluding hydrogens is 352 g/mol. The number of rotatable bonds is 5. The van der Waals surface area contributed by atoms with Crippen molar-refractivity contribution < 1.29 is 8.42 Å². The fourth-order valence-electron chi connectivity index (χ4n) is 3.26. The molecule has 2 aromatic rings. The van der Waals surface area contributed by atoms with Crippen LogP contribution >= 0.6 is 11.8 Å². The van der Waals surface area contributed by atoms with E-state index in [2.05, 4.69) is 18.2 Å². The molecule has 1 aliphatic heterocycles. The standard InChI is InChI=1S/C19H20N2O2S2/c1-25(22,23)21-13-17(16-7-3-2-4-8-16)11-18(21)14-24-19-9-5-6-15(10-19)12-20/h2-10,17-18H,11,13-14H2,1H3. The van der Waals surface area contributed by atoms with E-state index in [-0.39, 0.29) is 12.0 Å². The van der Waals surface area contributed by atoms with Gasteiger partial charge in [-0.3, -0.25) is 0 Å². The van der Waals surface area contributed by atoms with E-state index in [1.807, 2.05) is 36.4 Å². The van der Waals surface area contributed by atoms with E-state index in [0.29, 0.717) is 17.9 Å².